The van der Waals surface area contributed by atoms with Gasteiger partial charge in [-0.1, -0.05) is 63.9 Å². The van der Waals surface area contributed by atoms with Gasteiger partial charge in [0.05, 0.1) is 12.7 Å². The van der Waals surface area contributed by atoms with Crippen molar-refractivity contribution in [3.63, 3.8) is 0 Å². The molecule has 0 aliphatic carbocycles. The van der Waals surface area contributed by atoms with E-state index in [-0.39, 0.29) is 5.56 Å². The molecule has 4 rings (SSSR count). The van der Waals surface area contributed by atoms with Gasteiger partial charge in [-0.25, -0.2) is 0 Å². The van der Waals surface area contributed by atoms with Crippen molar-refractivity contribution in [3.8, 4) is 16.9 Å². The minimum Gasteiger partial charge on any atom is -0.497 e. The van der Waals surface area contributed by atoms with Gasteiger partial charge in [0.15, 0.2) is 5.78 Å². The fraction of sp³-hybridized carbons (Fsp3) is 0.0400. The number of hydrogen-bond acceptors (Lipinski definition) is 3. The predicted octanol–water partition coefficient (Wildman–Crippen LogP) is 6.52. The van der Waals surface area contributed by atoms with Crippen LogP contribution in [0.3, 0.4) is 0 Å². The molecule has 0 atom stereocenters. The van der Waals surface area contributed by atoms with Gasteiger partial charge in [0, 0.05) is 31.5 Å². The molecule has 154 valence electrons. The Hall–Kier alpha value is -3.15. The minimum atomic E-state index is -0.464. The van der Waals surface area contributed by atoms with E-state index in [2.05, 4.69) is 20.9 Å². The monoisotopic (exact) mass is 493 g/mol. The van der Waals surface area contributed by atoms with E-state index < -0.39 is 11.3 Å². The van der Waals surface area contributed by atoms with Gasteiger partial charge in [-0.15, -0.1) is 0 Å². The number of hydrogen-bond donors (Lipinski definition) is 1. The van der Waals surface area contributed by atoms with Crippen LogP contribution >= 0.6 is 27.5 Å². The van der Waals surface area contributed by atoms with Gasteiger partial charge in [-0.05, 0) is 48.0 Å². The van der Waals surface area contributed by atoms with Crippen molar-refractivity contribution in [3.05, 3.63) is 104 Å². The highest BCUT2D eigenvalue weighted by Gasteiger charge is 2.21. The van der Waals surface area contributed by atoms with E-state index in [1.54, 1.807) is 43.5 Å². The molecule has 0 aliphatic heterocycles. The normalized spacial score (nSPS) is 11.2. The number of rotatable bonds is 5. The summed E-state index contributed by atoms with van der Waals surface area (Å²) in [5.74, 6) is 0.315. The Bertz CT molecular complexity index is 1370. The molecule has 31 heavy (non-hydrogen) atoms. The maximum absolute atomic E-state index is 13.2. The Morgan fingerprint density at radius 3 is 2.52 bits per heavy atom. The van der Waals surface area contributed by atoms with Crippen LogP contribution in [0.5, 0.6) is 5.75 Å². The highest BCUT2D eigenvalue weighted by molar-refractivity contribution is 9.10. The SMILES string of the molecule is COc1ccc(C=CC(=O)c2c(-c3ccccc3Cl)c3cc(Br)ccc3[nH]c2=O)cc1. The quantitative estimate of drug-likeness (QED) is 0.254. The minimum absolute atomic E-state index is 0.0449. The van der Waals surface area contributed by atoms with Crippen molar-refractivity contribution >= 4 is 50.3 Å². The third-order valence-corrected chi connectivity index (χ3v) is 5.73. The Morgan fingerprint density at radius 1 is 1.06 bits per heavy atom. The molecule has 4 nitrogen and oxygen atoms in total. The number of aromatic nitrogens is 1. The number of benzene rings is 3. The van der Waals surface area contributed by atoms with Crippen LogP contribution in [0.4, 0.5) is 0 Å². The second-order valence-corrected chi connectivity index (χ2v) is 8.17. The lowest BCUT2D eigenvalue weighted by Gasteiger charge is -2.13. The second-order valence-electron chi connectivity index (χ2n) is 6.84. The van der Waals surface area contributed by atoms with Crippen LogP contribution in [0.1, 0.15) is 15.9 Å². The number of fused-ring (bicyclic) bond motifs is 1. The highest BCUT2D eigenvalue weighted by Crippen LogP contribution is 2.35. The third kappa shape index (κ3) is 4.33. The van der Waals surface area contributed by atoms with Crippen molar-refractivity contribution in [2.24, 2.45) is 0 Å². The van der Waals surface area contributed by atoms with Crippen LogP contribution < -0.4 is 10.3 Å². The number of aromatic amines is 1. The molecule has 0 bridgehead atoms. The molecule has 1 N–H and O–H groups in total. The number of pyridine rings is 1. The first-order valence-corrected chi connectivity index (χ1v) is 10.6. The van der Waals surface area contributed by atoms with Crippen LogP contribution in [0.25, 0.3) is 28.1 Å². The molecule has 4 aromatic rings. The van der Waals surface area contributed by atoms with Gasteiger partial charge in [0.1, 0.15) is 5.75 Å². The molecular weight excluding hydrogens is 478 g/mol. The van der Waals surface area contributed by atoms with E-state index in [1.165, 1.54) is 6.08 Å². The third-order valence-electron chi connectivity index (χ3n) is 4.91. The molecule has 0 amide bonds. The topological polar surface area (TPSA) is 59.2 Å². The van der Waals surface area contributed by atoms with Crippen LogP contribution in [0, 0.1) is 0 Å². The Labute approximate surface area is 192 Å². The summed E-state index contributed by atoms with van der Waals surface area (Å²) < 4.78 is 5.98. The van der Waals surface area contributed by atoms with Crippen molar-refractivity contribution in [2.45, 2.75) is 0 Å². The van der Waals surface area contributed by atoms with E-state index in [9.17, 15) is 9.59 Å². The first-order valence-electron chi connectivity index (χ1n) is 9.45. The Morgan fingerprint density at radius 2 is 1.81 bits per heavy atom. The lowest BCUT2D eigenvalue weighted by molar-refractivity contribution is 0.104. The van der Waals surface area contributed by atoms with E-state index in [0.717, 1.165) is 21.2 Å². The summed E-state index contributed by atoms with van der Waals surface area (Å²) in [6.45, 7) is 0. The van der Waals surface area contributed by atoms with Gasteiger partial charge < -0.3 is 9.72 Å². The van der Waals surface area contributed by atoms with E-state index in [4.69, 9.17) is 16.3 Å². The number of carbonyl (C=O) groups is 1. The number of ketones is 1. The summed E-state index contributed by atoms with van der Waals surface area (Å²) >= 11 is 9.94. The molecule has 0 radical (unpaired) electrons. The van der Waals surface area contributed by atoms with Gasteiger partial charge in [0.25, 0.3) is 5.56 Å². The number of H-pyrrole nitrogens is 1. The average molecular weight is 495 g/mol. The predicted molar refractivity (Wildman–Crippen MR) is 129 cm³/mol. The molecule has 3 aromatic carbocycles. The average Bonchev–Trinajstić information content (AvgIpc) is 2.78. The number of halogens is 2. The van der Waals surface area contributed by atoms with Crippen LogP contribution in [0.2, 0.25) is 5.02 Å². The van der Waals surface area contributed by atoms with E-state index >= 15 is 0 Å². The van der Waals surface area contributed by atoms with E-state index in [1.807, 2.05) is 36.4 Å². The number of nitrogens with one attached hydrogen (secondary N) is 1. The molecule has 0 spiro atoms. The molecule has 6 heteroatoms. The molecule has 0 saturated heterocycles. The van der Waals surface area contributed by atoms with Crippen molar-refractivity contribution in [1.29, 1.82) is 0 Å². The van der Waals surface area contributed by atoms with Gasteiger partial charge in [0.2, 0.25) is 0 Å². The van der Waals surface area contributed by atoms with Gasteiger partial charge in [-0.3, -0.25) is 9.59 Å². The summed E-state index contributed by atoms with van der Waals surface area (Å²) in [4.78, 5) is 29.0. The zero-order valence-corrected chi connectivity index (χ0v) is 18.8. The van der Waals surface area contributed by atoms with E-state index in [0.29, 0.717) is 21.7 Å². The second kappa shape index (κ2) is 8.92. The van der Waals surface area contributed by atoms with Crippen molar-refractivity contribution in [2.75, 3.05) is 7.11 Å². The summed E-state index contributed by atoms with van der Waals surface area (Å²) in [7, 11) is 1.59. The molecule has 0 saturated carbocycles. The molecule has 0 unspecified atom stereocenters. The zero-order chi connectivity index (χ0) is 22.0. The Kier molecular flexibility index (Phi) is 6.07. The lowest BCUT2D eigenvalue weighted by atomic mass is 9.93. The summed E-state index contributed by atoms with van der Waals surface area (Å²) in [5, 5.41) is 1.19. The number of allylic oxidation sites excluding steroid dienone is 1. The first kappa shape index (κ1) is 21.1. The maximum atomic E-state index is 13.2. The maximum Gasteiger partial charge on any atom is 0.260 e. The zero-order valence-electron chi connectivity index (χ0n) is 16.5. The van der Waals surface area contributed by atoms with Crippen LogP contribution in [-0.2, 0) is 0 Å². The first-order chi connectivity index (χ1) is 15.0. The molecule has 0 aliphatic rings. The lowest BCUT2D eigenvalue weighted by Crippen LogP contribution is -2.18. The molecule has 0 fully saturated rings. The molecule has 1 heterocycles. The molecule has 1 aromatic heterocycles. The largest absolute Gasteiger partial charge is 0.497 e. The number of ether oxygens (including phenoxy) is 1. The standard InChI is InChI=1S/C25H17BrClNO3/c1-31-17-10-6-15(7-11-17)8-13-22(29)24-23(18-4-2-3-5-20(18)27)19-14-16(26)9-12-21(19)28-25(24)30/h2-14H,1H3,(H,28,30). The fourth-order valence-corrected chi connectivity index (χ4v) is 4.01. The van der Waals surface area contributed by atoms with Crippen molar-refractivity contribution < 1.29 is 9.53 Å². The van der Waals surface area contributed by atoms with Crippen molar-refractivity contribution in [1.82, 2.24) is 4.98 Å². The van der Waals surface area contributed by atoms with Gasteiger partial charge >= 0.3 is 0 Å². The summed E-state index contributed by atoms with van der Waals surface area (Å²) in [6.07, 6.45) is 3.07. The molecular formula is C25H17BrClNO3. The smallest absolute Gasteiger partial charge is 0.260 e. The number of carbonyl (C=O) groups excluding carboxylic acids is 1. The van der Waals surface area contributed by atoms with Crippen LogP contribution in [0.15, 0.2) is 82.1 Å². The fourth-order valence-electron chi connectivity index (χ4n) is 3.41. The Balaban J connectivity index is 1.90. The summed E-state index contributed by atoms with van der Waals surface area (Å²) in [6, 6.07) is 20.0. The van der Waals surface area contributed by atoms with Gasteiger partial charge in [-0.2, -0.15) is 0 Å². The van der Waals surface area contributed by atoms with Crippen LogP contribution in [-0.4, -0.2) is 17.9 Å². The number of methoxy groups -OCH3 is 1. The summed E-state index contributed by atoms with van der Waals surface area (Å²) in [5.41, 5.74) is 2.15. The highest BCUT2D eigenvalue weighted by atomic mass is 79.9.